The van der Waals surface area contributed by atoms with Crippen molar-refractivity contribution in [2.45, 2.75) is 17.9 Å². The van der Waals surface area contributed by atoms with Crippen LogP contribution in [0.5, 0.6) is 0 Å². The Bertz CT molecular complexity index is 687. The van der Waals surface area contributed by atoms with Crippen LogP contribution in [0.15, 0.2) is 23.2 Å². The maximum Gasteiger partial charge on any atom is 0.242 e. The number of tetrazole rings is 1. The van der Waals surface area contributed by atoms with E-state index < -0.39 is 16.1 Å². The lowest BCUT2D eigenvalue weighted by Crippen LogP contribution is -2.27. The van der Waals surface area contributed by atoms with Gasteiger partial charge < -0.3 is 0 Å². The highest BCUT2D eigenvalue weighted by Crippen LogP contribution is 2.12. The number of pyridine rings is 1. The van der Waals surface area contributed by atoms with Gasteiger partial charge in [-0.2, -0.15) is 10.5 Å². The highest BCUT2D eigenvalue weighted by molar-refractivity contribution is 7.89. The fourth-order valence-corrected chi connectivity index (χ4v) is 2.46. The lowest BCUT2D eigenvalue weighted by Gasteiger charge is -2.10. The van der Waals surface area contributed by atoms with Crippen molar-refractivity contribution in [1.29, 1.82) is 5.26 Å². The first-order valence-corrected chi connectivity index (χ1v) is 6.63. The lowest BCUT2D eigenvalue weighted by atomic mass is 10.4. The molecule has 98 valence electrons. The monoisotopic (exact) mass is 279 g/mol. The van der Waals surface area contributed by atoms with Gasteiger partial charge in [0.2, 0.25) is 10.0 Å². The Morgan fingerprint density at radius 3 is 2.79 bits per heavy atom. The third-order valence-corrected chi connectivity index (χ3v) is 3.77. The Balaban J connectivity index is 2.20. The molecule has 0 bridgehead atoms. The molecule has 0 aliphatic rings. The summed E-state index contributed by atoms with van der Waals surface area (Å²) < 4.78 is 26.4. The van der Waals surface area contributed by atoms with Gasteiger partial charge in [-0.05, 0) is 19.1 Å². The van der Waals surface area contributed by atoms with Gasteiger partial charge in [-0.3, -0.25) is 0 Å². The second kappa shape index (κ2) is 5.09. The average Bonchev–Trinajstić information content (AvgIpc) is 2.92. The molecule has 2 rings (SSSR count). The van der Waals surface area contributed by atoms with Crippen LogP contribution < -0.4 is 4.72 Å². The zero-order valence-electron chi connectivity index (χ0n) is 9.77. The van der Waals surface area contributed by atoms with E-state index in [0.29, 0.717) is 0 Å². The quantitative estimate of drug-likeness (QED) is 0.769. The van der Waals surface area contributed by atoms with Crippen molar-refractivity contribution >= 4 is 10.0 Å². The van der Waals surface area contributed by atoms with E-state index in [9.17, 15) is 8.42 Å². The van der Waals surface area contributed by atoms with Crippen molar-refractivity contribution in [3.63, 3.8) is 0 Å². The van der Waals surface area contributed by atoms with E-state index in [0.717, 1.165) is 6.20 Å². The molecular formula is C9H9N7O2S. The molecule has 1 atom stereocenters. The van der Waals surface area contributed by atoms with E-state index in [1.54, 1.807) is 6.92 Å². The van der Waals surface area contributed by atoms with Crippen molar-refractivity contribution in [1.82, 2.24) is 30.3 Å². The molecule has 1 unspecified atom stereocenters. The summed E-state index contributed by atoms with van der Waals surface area (Å²) >= 11 is 0. The van der Waals surface area contributed by atoms with Crippen molar-refractivity contribution < 1.29 is 8.42 Å². The third kappa shape index (κ3) is 2.90. The van der Waals surface area contributed by atoms with Crippen LogP contribution in [-0.4, -0.2) is 34.0 Å². The minimum absolute atomic E-state index is 0.0400. The molecule has 19 heavy (non-hydrogen) atoms. The molecule has 0 saturated heterocycles. The topological polar surface area (TPSA) is 137 Å². The van der Waals surface area contributed by atoms with Gasteiger partial charge in [-0.25, -0.2) is 18.1 Å². The molecule has 0 radical (unpaired) electrons. The molecule has 10 heteroatoms. The van der Waals surface area contributed by atoms with Gasteiger partial charge >= 0.3 is 0 Å². The van der Waals surface area contributed by atoms with E-state index in [4.69, 9.17) is 5.26 Å². The van der Waals surface area contributed by atoms with Crippen molar-refractivity contribution in [2.24, 2.45) is 0 Å². The minimum atomic E-state index is -3.75. The predicted molar refractivity (Wildman–Crippen MR) is 61.9 cm³/mol. The SMILES string of the molecule is CC(NS(=O)(=O)c1ccc(C#N)nc1)c1nn[nH]n1. The van der Waals surface area contributed by atoms with E-state index >= 15 is 0 Å². The van der Waals surface area contributed by atoms with Crippen LogP contribution >= 0.6 is 0 Å². The van der Waals surface area contributed by atoms with Crippen LogP contribution in [0.3, 0.4) is 0 Å². The summed E-state index contributed by atoms with van der Waals surface area (Å²) in [6, 6.07) is 3.80. The molecular weight excluding hydrogens is 270 g/mol. The Kier molecular flexibility index (Phi) is 3.50. The van der Waals surface area contributed by atoms with Crippen molar-refractivity contribution in [3.05, 3.63) is 29.8 Å². The molecule has 2 heterocycles. The number of sulfonamides is 1. The largest absolute Gasteiger partial charge is 0.244 e. The summed E-state index contributed by atoms with van der Waals surface area (Å²) in [4.78, 5) is 3.66. The number of nitriles is 1. The van der Waals surface area contributed by atoms with E-state index in [2.05, 4.69) is 30.3 Å². The summed E-state index contributed by atoms with van der Waals surface area (Å²) in [5.74, 6) is 0.227. The van der Waals surface area contributed by atoms with Crippen LogP contribution in [0.1, 0.15) is 24.5 Å². The number of aromatic nitrogens is 5. The third-order valence-electron chi connectivity index (χ3n) is 2.24. The zero-order chi connectivity index (χ0) is 13.9. The maximum absolute atomic E-state index is 12.0. The Labute approximate surface area is 108 Å². The number of rotatable bonds is 4. The first-order valence-electron chi connectivity index (χ1n) is 5.15. The number of hydrogen-bond acceptors (Lipinski definition) is 7. The van der Waals surface area contributed by atoms with Gasteiger partial charge in [0, 0.05) is 6.20 Å². The second-order valence-corrected chi connectivity index (χ2v) is 5.32. The van der Waals surface area contributed by atoms with Crippen LogP contribution in [0.25, 0.3) is 0 Å². The first kappa shape index (κ1) is 13.1. The molecule has 2 aromatic heterocycles. The summed E-state index contributed by atoms with van der Waals surface area (Å²) in [6.45, 7) is 1.58. The molecule has 2 N–H and O–H groups in total. The Morgan fingerprint density at radius 2 is 2.26 bits per heavy atom. The lowest BCUT2D eigenvalue weighted by molar-refractivity contribution is 0.559. The summed E-state index contributed by atoms with van der Waals surface area (Å²) in [6.07, 6.45) is 1.11. The van der Waals surface area contributed by atoms with Crippen LogP contribution in [0.2, 0.25) is 0 Å². The fourth-order valence-electron chi connectivity index (χ4n) is 1.31. The average molecular weight is 279 g/mol. The smallest absolute Gasteiger partial charge is 0.242 e. The molecule has 0 saturated carbocycles. The van der Waals surface area contributed by atoms with Crippen LogP contribution in [-0.2, 0) is 10.0 Å². The predicted octanol–water partition coefficient (Wildman–Crippen LogP) is -0.494. The standard InChI is InChI=1S/C9H9N7O2S/c1-6(9-12-15-16-13-9)14-19(17,18)8-3-2-7(4-10)11-5-8/h2-3,5-6,14H,1H3,(H,12,13,15,16). The van der Waals surface area contributed by atoms with Gasteiger partial charge in [-0.1, -0.05) is 5.21 Å². The Morgan fingerprint density at radius 1 is 1.47 bits per heavy atom. The molecule has 0 spiro atoms. The van der Waals surface area contributed by atoms with E-state index in [-0.39, 0.29) is 16.4 Å². The normalized spacial score (nSPS) is 12.8. The fraction of sp³-hybridized carbons (Fsp3) is 0.222. The number of aromatic amines is 1. The number of hydrogen-bond donors (Lipinski definition) is 2. The van der Waals surface area contributed by atoms with Gasteiger partial charge in [0.15, 0.2) is 5.82 Å². The molecule has 0 aliphatic carbocycles. The van der Waals surface area contributed by atoms with E-state index in [1.165, 1.54) is 12.1 Å². The van der Waals surface area contributed by atoms with Gasteiger partial charge in [0.25, 0.3) is 0 Å². The molecule has 0 fully saturated rings. The minimum Gasteiger partial charge on any atom is -0.244 e. The zero-order valence-corrected chi connectivity index (χ0v) is 10.6. The molecule has 2 aromatic rings. The summed E-state index contributed by atoms with van der Waals surface area (Å²) in [5.41, 5.74) is 0.144. The van der Waals surface area contributed by atoms with Crippen molar-refractivity contribution in [2.75, 3.05) is 0 Å². The molecule has 0 aliphatic heterocycles. The number of nitrogens with zero attached hydrogens (tertiary/aromatic N) is 5. The molecule has 0 amide bonds. The number of H-pyrrole nitrogens is 1. The maximum atomic E-state index is 12.0. The van der Waals surface area contributed by atoms with Crippen molar-refractivity contribution in [3.8, 4) is 6.07 Å². The highest BCUT2D eigenvalue weighted by atomic mass is 32.2. The second-order valence-electron chi connectivity index (χ2n) is 3.60. The van der Waals surface area contributed by atoms with Crippen LogP contribution in [0, 0.1) is 11.3 Å². The van der Waals surface area contributed by atoms with Gasteiger partial charge in [0.1, 0.15) is 16.7 Å². The van der Waals surface area contributed by atoms with E-state index in [1.807, 2.05) is 6.07 Å². The Hall–Kier alpha value is -2.38. The molecule has 0 aromatic carbocycles. The number of nitrogens with one attached hydrogen (secondary N) is 2. The highest BCUT2D eigenvalue weighted by Gasteiger charge is 2.21. The summed E-state index contributed by atoms with van der Waals surface area (Å²) in [7, 11) is -3.75. The van der Waals surface area contributed by atoms with Crippen LogP contribution in [0.4, 0.5) is 0 Å². The summed E-state index contributed by atoms with van der Waals surface area (Å²) in [5, 5.41) is 21.6. The molecule has 9 nitrogen and oxygen atoms in total. The van der Waals surface area contributed by atoms with Gasteiger partial charge in [0.05, 0.1) is 6.04 Å². The first-order chi connectivity index (χ1) is 9.03. The van der Waals surface area contributed by atoms with Gasteiger partial charge in [-0.15, -0.1) is 10.2 Å².